The molecule has 5 unspecified atom stereocenters. The van der Waals surface area contributed by atoms with Gasteiger partial charge in [-0.15, -0.1) is 0 Å². The monoisotopic (exact) mass is 747 g/mol. The molecule has 2 fully saturated rings. The number of rotatable bonds is 8. The number of phenolic OH excluding ortho intramolecular Hbond substituents is 7. The van der Waals surface area contributed by atoms with Crippen molar-refractivity contribution in [1.82, 2.24) is 0 Å². The van der Waals surface area contributed by atoms with Crippen LogP contribution in [-0.2, 0) is 18.9 Å². The maximum Gasteiger partial charge on any atom is 0.402 e. The molecule has 0 saturated carbocycles. The van der Waals surface area contributed by atoms with Crippen LogP contribution in [0.5, 0.6) is 46.0 Å². The van der Waals surface area contributed by atoms with Crippen LogP contribution in [0.15, 0.2) is 52.9 Å². The molecule has 0 spiro atoms. The van der Waals surface area contributed by atoms with E-state index >= 15 is 0 Å². The molecule has 0 amide bonds. The van der Waals surface area contributed by atoms with E-state index in [0.717, 1.165) is 36.4 Å². The van der Waals surface area contributed by atoms with Crippen LogP contribution in [0.1, 0.15) is 17.3 Å². The fraction of sp³-hybridized carbons (Fsp3) is 0.353. The van der Waals surface area contributed by atoms with Crippen LogP contribution < -0.4 is 4.74 Å². The molecular formula is C34H35O19+. The van der Waals surface area contributed by atoms with Crippen molar-refractivity contribution in [3.63, 3.8) is 0 Å². The van der Waals surface area contributed by atoms with Gasteiger partial charge in [0, 0.05) is 18.2 Å². The van der Waals surface area contributed by atoms with E-state index in [1.165, 1.54) is 19.1 Å². The first-order valence-corrected chi connectivity index (χ1v) is 15.8. The van der Waals surface area contributed by atoms with Gasteiger partial charge in [-0.1, -0.05) is 0 Å². The number of carbonyl (C=O) groups excluding carboxylic acids is 1. The molecule has 2 aliphatic heterocycles. The fourth-order valence-electron chi connectivity index (χ4n) is 5.78. The van der Waals surface area contributed by atoms with E-state index in [2.05, 4.69) is 0 Å². The number of phenols is 7. The first-order valence-electron chi connectivity index (χ1n) is 15.8. The maximum absolute atomic E-state index is 13.3. The van der Waals surface area contributed by atoms with E-state index < -0.39 is 114 Å². The number of carbonyl (C=O) groups is 1. The molecule has 19 heteroatoms. The van der Waals surface area contributed by atoms with Gasteiger partial charge in [-0.25, -0.2) is 9.21 Å². The molecule has 4 aromatic rings. The van der Waals surface area contributed by atoms with Gasteiger partial charge in [-0.05, 0) is 31.2 Å². The second kappa shape index (κ2) is 14.6. The van der Waals surface area contributed by atoms with Crippen LogP contribution in [0, 0.1) is 0 Å². The van der Waals surface area contributed by atoms with Crippen LogP contribution in [0.2, 0.25) is 0 Å². The molecule has 3 aromatic carbocycles. The van der Waals surface area contributed by atoms with Crippen molar-refractivity contribution in [3.8, 4) is 57.3 Å². The maximum atomic E-state index is 13.3. The third-order valence-corrected chi connectivity index (χ3v) is 8.72. The molecule has 0 aliphatic carbocycles. The van der Waals surface area contributed by atoms with Crippen molar-refractivity contribution in [3.05, 3.63) is 54.1 Å². The lowest BCUT2D eigenvalue weighted by atomic mass is 9.98. The minimum absolute atomic E-state index is 0.0392. The summed E-state index contributed by atoms with van der Waals surface area (Å²) in [6, 6.07) is 8.33. The molecule has 12 N–H and O–H groups in total. The van der Waals surface area contributed by atoms with Gasteiger partial charge in [0.25, 0.3) is 0 Å². The molecule has 19 nitrogen and oxygen atoms in total. The van der Waals surface area contributed by atoms with Gasteiger partial charge in [-0.2, -0.15) is 0 Å². The summed E-state index contributed by atoms with van der Waals surface area (Å²) in [5.74, 6) is -6.55. The molecule has 3 heterocycles. The molecule has 284 valence electrons. The molecule has 6 rings (SSSR count). The number of hydrogen-bond donors (Lipinski definition) is 12. The fourth-order valence-corrected chi connectivity index (χ4v) is 5.78. The topological polar surface area (TPSA) is 317 Å². The first kappa shape index (κ1) is 37.4. The van der Waals surface area contributed by atoms with Crippen molar-refractivity contribution in [2.45, 2.75) is 68.3 Å². The van der Waals surface area contributed by atoms with Gasteiger partial charge >= 0.3 is 17.3 Å². The highest BCUT2D eigenvalue weighted by Crippen LogP contribution is 2.43. The molecule has 10 atom stereocenters. The van der Waals surface area contributed by atoms with E-state index in [4.69, 9.17) is 28.1 Å². The number of benzene rings is 3. The predicted molar refractivity (Wildman–Crippen MR) is 173 cm³/mol. The number of fused-ring (bicyclic) bond motifs is 1. The Bertz CT molecular complexity index is 1980. The quantitative estimate of drug-likeness (QED) is 0.0651. The lowest BCUT2D eigenvalue weighted by Crippen LogP contribution is -2.62. The average molecular weight is 748 g/mol. The van der Waals surface area contributed by atoms with Gasteiger partial charge in [-0.3, -0.25) is 0 Å². The summed E-state index contributed by atoms with van der Waals surface area (Å²) >= 11 is 0. The molecule has 53 heavy (non-hydrogen) atoms. The number of aliphatic hydroxyl groups is 5. The Balaban J connectivity index is 1.38. The summed E-state index contributed by atoms with van der Waals surface area (Å²) in [5, 5.41) is 123. The normalized spacial score (nSPS) is 28.8. The second-order valence-corrected chi connectivity index (χ2v) is 12.4. The van der Waals surface area contributed by atoms with Crippen LogP contribution in [0.25, 0.3) is 22.3 Å². The summed E-state index contributed by atoms with van der Waals surface area (Å²) in [4.78, 5) is 13.3. The Labute approximate surface area is 297 Å². The first-order chi connectivity index (χ1) is 25.0. The lowest BCUT2D eigenvalue weighted by molar-refractivity contribution is -0.318. The predicted octanol–water partition coefficient (Wildman–Crippen LogP) is 0.215. The summed E-state index contributed by atoms with van der Waals surface area (Å²) < 4.78 is 34.4. The highest BCUT2D eigenvalue weighted by Gasteiger charge is 2.50. The zero-order chi connectivity index (χ0) is 38.5. The standard InChI is InChI=1S/C34H34O19/c1-11-24(41)27(44)29(46)33(49-11)48-10-23-26(43)28(45)31(53-32(47)13-5-19(39)25(42)20(40)6-13)34(52-23)51-22-9-15-17(37)7-14(35)8-21(15)50-30(22)12-2-3-16(36)18(38)4-12/h2-9,11,23-24,26-29,31,33-34,41,43-46H,10H2,1H3,(H6-,35,36,37,38,39,40,42,47)/p+1/t11?,23?,24-,26+,27-,28?,29?,31?,33+,34+/m0/s1. The third-order valence-electron chi connectivity index (χ3n) is 8.72. The zero-order valence-electron chi connectivity index (χ0n) is 27.3. The van der Waals surface area contributed by atoms with Gasteiger partial charge in [0.1, 0.15) is 53.5 Å². The Hall–Kier alpha value is -5.38. The third kappa shape index (κ3) is 7.32. The minimum atomic E-state index is -2.06. The van der Waals surface area contributed by atoms with Crippen LogP contribution in [-0.4, -0.2) is 135 Å². The Morgan fingerprint density at radius 1 is 0.717 bits per heavy atom. The highest BCUT2D eigenvalue weighted by atomic mass is 16.7. The number of ether oxygens (including phenoxy) is 5. The van der Waals surface area contributed by atoms with Crippen LogP contribution in [0.3, 0.4) is 0 Å². The second-order valence-electron chi connectivity index (χ2n) is 12.4. The van der Waals surface area contributed by atoms with E-state index in [1.54, 1.807) is 0 Å². The van der Waals surface area contributed by atoms with Crippen LogP contribution >= 0.6 is 0 Å². The zero-order valence-corrected chi connectivity index (χ0v) is 27.3. The lowest BCUT2D eigenvalue weighted by Gasteiger charge is -2.43. The summed E-state index contributed by atoms with van der Waals surface area (Å²) in [6.45, 7) is 0.734. The Morgan fingerprint density at radius 2 is 1.42 bits per heavy atom. The van der Waals surface area contributed by atoms with E-state index in [1.807, 2.05) is 0 Å². The summed E-state index contributed by atoms with van der Waals surface area (Å²) in [7, 11) is 0. The van der Waals surface area contributed by atoms with Gasteiger partial charge in [0.05, 0.1) is 29.9 Å². The van der Waals surface area contributed by atoms with E-state index in [-0.39, 0.29) is 33.8 Å². The Morgan fingerprint density at radius 3 is 2.09 bits per heavy atom. The number of aliphatic hydroxyl groups excluding tert-OH is 5. The van der Waals surface area contributed by atoms with Crippen LogP contribution in [0.4, 0.5) is 0 Å². The van der Waals surface area contributed by atoms with Crippen molar-refractivity contribution in [2.24, 2.45) is 0 Å². The number of aromatic hydroxyl groups is 7. The van der Waals surface area contributed by atoms with Gasteiger partial charge in [0.2, 0.25) is 12.0 Å². The molecule has 1 aromatic heterocycles. The molecular weight excluding hydrogens is 712 g/mol. The molecule has 2 saturated heterocycles. The number of esters is 1. The average Bonchev–Trinajstić information content (AvgIpc) is 3.11. The molecule has 2 aliphatic rings. The van der Waals surface area contributed by atoms with E-state index in [9.17, 15) is 66.1 Å². The summed E-state index contributed by atoms with van der Waals surface area (Å²) in [5.41, 5.74) is -0.558. The smallest absolute Gasteiger partial charge is 0.402 e. The van der Waals surface area contributed by atoms with Gasteiger partial charge < -0.3 is 85.0 Å². The largest absolute Gasteiger partial charge is 0.507 e. The summed E-state index contributed by atoms with van der Waals surface area (Å²) in [6.07, 6.45) is -16.8. The van der Waals surface area contributed by atoms with E-state index in [0.29, 0.717) is 0 Å². The van der Waals surface area contributed by atoms with Gasteiger partial charge in [0.15, 0.2) is 41.1 Å². The van der Waals surface area contributed by atoms with Crippen molar-refractivity contribution in [1.29, 1.82) is 0 Å². The van der Waals surface area contributed by atoms with Crippen molar-refractivity contribution in [2.75, 3.05) is 6.61 Å². The minimum Gasteiger partial charge on any atom is -0.507 e. The number of hydrogen-bond acceptors (Lipinski definition) is 18. The molecule has 0 radical (unpaired) electrons. The van der Waals surface area contributed by atoms with Crippen molar-refractivity contribution >= 4 is 16.9 Å². The highest BCUT2D eigenvalue weighted by molar-refractivity contribution is 5.91. The Kier molecular flexibility index (Phi) is 10.3. The molecule has 0 bridgehead atoms. The SMILES string of the molecule is CC1O[C@@H](OCC2O[C@@H](Oc3cc4c(O)cc(O)cc4[o+]c3-c3ccc(O)c(O)c3)C(OC(=O)c3cc(O)c(O)c(O)c3)C(O)[C@@H]2O)C(O)[C@@H](O)[C@H]1O. The van der Waals surface area contributed by atoms with Crippen molar-refractivity contribution < 1.29 is 94.2 Å².